The molecule has 0 aliphatic carbocycles. The van der Waals surface area contributed by atoms with E-state index in [9.17, 15) is 24.5 Å². The van der Waals surface area contributed by atoms with Crippen LogP contribution in [-0.4, -0.2) is 42.4 Å². The van der Waals surface area contributed by atoms with Crippen LogP contribution in [0.2, 0.25) is 0 Å². The zero-order valence-corrected chi connectivity index (χ0v) is 18.6. The molecule has 3 aromatic rings. The summed E-state index contributed by atoms with van der Waals surface area (Å²) in [6, 6.07) is 14.9. The van der Waals surface area contributed by atoms with Crippen LogP contribution < -0.4 is 14.8 Å². The zero-order valence-electron chi connectivity index (χ0n) is 18.6. The van der Waals surface area contributed by atoms with Crippen LogP contribution in [0.1, 0.15) is 31.8 Å². The fourth-order valence-electron chi connectivity index (χ4n) is 3.50. The molecule has 0 saturated carbocycles. The van der Waals surface area contributed by atoms with Gasteiger partial charge in [-0.05, 0) is 42.8 Å². The van der Waals surface area contributed by atoms with E-state index in [0.29, 0.717) is 41.5 Å². The summed E-state index contributed by atoms with van der Waals surface area (Å²) < 4.78 is 16.1. The Morgan fingerprint density at radius 2 is 1.69 bits per heavy atom. The van der Waals surface area contributed by atoms with Gasteiger partial charge in [-0.1, -0.05) is 18.2 Å². The highest BCUT2D eigenvalue weighted by atomic mass is 16.6. The van der Waals surface area contributed by atoms with Gasteiger partial charge in [-0.2, -0.15) is 0 Å². The van der Waals surface area contributed by atoms with Crippen LogP contribution in [0.4, 0.5) is 11.4 Å². The number of non-ortho nitro benzene ring substituents is 1. The second kappa shape index (κ2) is 10.0. The Morgan fingerprint density at radius 3 is 2.40 bits per heavy atom. The third-order valence-electron chi connectivity index (χ3n) is 5.23. The number of fused-ring (bicyclic) bond motifs is 1. The van der Waals surface area contributed by atoms with Crippen molar-refractivity contribution in [3.8, 4) is 11.5 Å². The Bertz CT molecular complexity index is 1330. The van der Waals surface area contributed by atoms with Crippen molar-refractivity contribution in [2.45, 2.75) is 6.92 Å². The first-order chi connectivity index (χ1) is 16.8. The van der Waals surface area contributed by atoms with Gasteiger partial charge in [-0.3, -0.25) is 19.7 Å². The van der Waals surface area contributed by atoms with E-state index in [1.54, 1.807) is 37.3 Å². The molecule has 10 heteroatoms. The van der Waals surface area contributed by atoms with Gasteiger partial charge in [0.25, 0.3) is 11.6 Å². The summed E-state index contributed by atoms with van der Waals surface area (Å²) >= 11 is 0. The molecule has 0 atom stereocenters. The number of benzene rings is 3. The number of nitrogens with one attached hydrogen (secondary N) is 1. The average molecular weight is 476 g/mol. The maximum atomic E-state index is 13.1. The van der Waals surface area contributed by atoms with Gasteiger partial charge in [0.1, 0.15) is 13.2 Å². The number of anilines is 1. The monoisotopic (exact) mass is 476 g/mol. The Kier molecular flexibility index (Phi) is 6.72. The van der Waals surface area contributed by atoms with Gasteiger partial charge in [-0.25, -0.2) is 4.79 Å². The summed E-state index contributed by atoms with van der Waals surface area (Å²) in [5.74, 6) is -0.913. The molecule has 0 spiro atoms. The van der Waals surface area contributed by atoms with E-state index in [2.05, 4.69) is 5.32 Å². The molecule has 0 aromatic heterocycles. The number of carbonyl (C=O) groups excluding carboxylic acids is 3. The number of hydrogen-bond acceptors (Lipinski definition) is 8. The molecular formula is C25H20N2O8. The lowest BCUT2D eigenvalue weighted by Crippen LogP contribution is -2.22. The summed E-state index contributed by atoms with van der Waals surface area (Å²) in [5, 5.41) is 13.4. The minimum Gasteiger partial charge on any atom is -0.486 e. The van der Waals surface area contributed by atoms with Gasteiger partial charge >= 0.3 is 5.97 Å². The number of aryl methyl sites for hydroxylation is 1. The van der Waals surface area contributed by atoms with E-state index in [0.717, 1.165) is 0 Å². The van der Waals surface area contributed by atoms with E-state index >= 15 is 0 Å². The van der Waals surface area contributed by atoms with E-state index in [-0.39, 0.29) is 16.8 Å². The third-order valence-corrected chi connectivity index (χ3v) is 5.23. The van der Waals surface area contributed by atoms with Crippen molar-refractivity contribution in [1.82, 2.24) is 0 Å². The second-order valence-electron chi connectivity index (χ2n) is 7.61. The van der Waals surface area contributed by atoms with E-state index in [1.807, 2.05) is 0 Å². The van der Waals surface area contributed by atoms with Crippen LogP contribution in [0.3, 0.4) is 0 Å². The molecule has 1 N–H and O–H groups in total. The average Bonchev–Trinajstić information content (AvgIpc) is 2.87. The molecular weight excluding hydrogens is 456 g/mol. The van der Waals surface area contributed by atoms with Gasteiger partial charge in [0.15, 0.2) is 23.9 Å². The second-order valence-corrected chi connectivity index (χ2v) is 7.61. The van der Waals surface area contributed by atoms with Crippen LogP contribution in [0.15, 0.2) is 60.7 Å². The van der Waals surface area contributed by atoms with E-state index in [4.69, 9.17) is 14.2 Å². The summed E-state index contributed by atoms with van der Waals surface area (Å²) in [5.41, 5.74) is 1.15. The number of ether oxygens (including phenoxy) is 3. The highest BCUT2D eigenvalue weighted by molar-refractivity contribution is 6.14. The van der Waals surface area contributed by atoms with E-state index < -0.39 is 29.2 Å². The predicted molar refractivity (Wildman–Crippen MR) is 124 cm³/mol. The molecule has 35 heavy (non-hydrogen) atoms. The van der Waals surface area contributed by atoms with Gasteiger partial charge in [-0.15, -0.1) is 0 Å². The van der Waals surface area contributed by atoms with Crippen molar-refractivity contribution in [2.24, 2.45) is 0 Å². The number of rotatable bonds is 7. The van der Waals surface area contributed by atoms with Crippen LogP contribution in [0.5, 0.6) is 11.5 Å². The Morgan fingerprint density at radius 1 is 0.971 bits per heavy atom. The molecule has 0 fully saturated rings. The van der Waals surface area contributed by atoms with Crippen molar-refractivity contribution >= 4 is 29.0 Å². The Labute approximate surface area is 199 Å². The third kappa shape index (κ3) is 5.27. The molecule has 3 aromatic carbocycles. The lowest BCUT2D eigenvalue weighted by molar-refractivity contribution is -0.384. The molecule has 1 amide bonds. The Hall–Kier alpha value is -4.73. The maximum Gasteiger partial charge on any atom is 0.339 e. The highest BCUT2D eigenvalue weighted by Gasteiger charge is 2.22. The van der Waals surface area contributed by atoms with Gasteiger partial charge in [0.2, 0.25) is 0 Å². The number of ketones is 1. The predicted octanol–water partition coefficient (Wildman–Crippen LogP) is 3.70. The normalized spacial score (nSPS) is 11.9. The molecule has 0 bridgehead atoms. The zero-order chi connectivity index (χ0) is 24.9. The first-order valence-corrected chi connectivity index (χ1v) is 10.6. The topological polar surface area (TPSA) is 134 Å². The molecule has 0 saturated heterocycles. The van der Waals surface area contributed by atoms with Crippen LogP contribution in [0.25, 0.3) is 0 Å². The summed E-state index contributed by atoms with van der Waals surface area (Å²) in [4.78, 5) is 48.4. The number of nitro benzene ring substituents is 1. The fraction of sp³-hybridized carbons (Fsp3) is 0.160. The molecule has 0 unspecified atom stereocenters. The number of amides is 1. The fourth-order valence-corrected chi connectivity index (χ4v) is 3.50. The molecule has 10 nitrogen and oxygen atoms in total. The number of esters is 1. The summed E-state index contributed by atoms with van der Waals surface area (Å²) in [6.45, 7) is 1.79. The van der Waals surface area contributed by atoms with Crippen LogP contribution in [0, 0.1) is 17.0 Å². The lowest BCUT2D eigenvalue weighted by atomic mass is 9.98. The highest BCUT2D eigenvalue weighted by Crippen LogP contribution is 2.31. The van der Waals surface area contributed by atoms with Crippen molar-refractivity contribution < 1.29 is 33.5 Å². The summed E-state index contributed by atoms with van der Waals surface area (Å²) in [6.07, 6.45) is 0. The van der Waals surface area contributed by atoms with Gasteiger partial charge in [0, 0.05) is 28.9 Å². The quantitative estimate of drug-likeness (QED) is 0.236. The molecule has 1 heterocycles. The van der Waals surface area contributed by atoms with Crippen molar-refractivity contribution in [2.75, 3.05) is 25.1 Å². The van der Waals surface area contributed by atoms with Crippen molar-refractivity contribution in [3.05, 3.63) is 93.0 Å². The number of carbonyl (C=O) groups is 3. The molecule has 1 aliphatic heterocycles. The lowest BCUT2D eigenvalue weighted by Gasteiger charge is -2.18. The number of nitrogens with zero attached hydrogens (tertiary/aromatic N) is 1. The Balaban J connectivity index is 1.44. The molecule has 1 aliphatic rings. The standard InChI is InChI=1S/C25H20N2O8/c1-15-12-17(27(31)32)7-8-20(15)26-23(28)14-35-25(30)19-5-3-2-4-18(19)24(29)16-6-9-21-22(13-16)34-11-10-33-21/h2-9,12-13H,10-11,14H2,1H3,(H,26,28). The summed E-state index contributed by atoms with van der Waals surface area (Å²) in [7, 11) is 0. The van der Waals surface area contributed by atoms with Gasteiger partial charge in [0.05, 0.1) is 10.5 Å². The van der Waals surface area contributed by atoms with Crippen molar-refractivity contribution in [3.63, 3.8) is 0 Å². The largest absolute Gasteiger partial charge is 0.486 e. The van der Waals surface area contributed by atoms with Crippen LogP contribution in [-0.2, 0) is 9.53 Å². The molecule has 178 valence electrons. The number of hydrogen-bond donors (Lipinski definition) is 1. The molecule has 0 radical (unpaired) electrons. The van der Waals surface area contributed by atoms with Gasteiger partial charge < -0.3 is 19.5 Å². The first kappa shape index (κ1) is 23.4. The van der Waals surface area contributed by atoms with E-state index in [1.165, 1.54) is 30.3 Å². The minimum absolute atomic E-state index is 0.00621. The van der Waals surface area contributed by atoms with Crippen LogP contribution >= 0.6 is 0 Å². The molecule has 4 rings (SSSR count). The minimum atomic E-state index is -0.845. The number of nitro groups is 1. The maximum absolute atomic E-state index is 13.1. The smallest absolute Gasteiger partial charge is 0.339 e. The first-order valence-electron chi connectivity index (χ1n) is 10.6. The SMILES string of the molecule is Cc1cc([N+](=O)[O-])ccc1NC(=O)COC(=O)c1ccccc1C(=O)c1ccc2c(c1)OCCO2. The van der Waals surface area contributed by atoms with Crippen molar-refractivity contribution in [1.29, 1.82) is 0 Å².